The molecular weight excluding hydrogens is 324 g/mol. The molecule has 2 atom stereocenters. The number of benzene rings is 2. The second-order valence-corrected chi connectivity index (χ2v) is 7.50. The molecule has 3 nitrogen and oxygen atoms in total. The molecule has 1 aliphatic heterocycles. The van der Waals surface area contributed by atoms with E-state index < -0.39 is 0 Å². The molecule has 134 valence electrons. The highest BCUT2D eigenvalue weighted by molar-refractivity contribution is 6.04. The van der Waals surface area contributed by atoms with Gasteiger partial charge in [0.25, 0.3) is 0 Å². The van der Waals surface area contributed by atoms with E-state index in [1.165, 1.54) is 0 Å². The maximum absolute atomic E-state index is 12.7. The lowest BCUT2D eigenvalue weighted by Gasteiger charge is -2.15. The molecular formula is C23H24O3. The number of fused-ring (bicyclic) bond motifs is 1. The second kappa shape index (κ2) is 6.71. The van der Waals surface area contributed by atoms with Crippen molar-refractivity contribution in [1.29, 1.82) is 0 Å². The van der Waals surface area contributed by atoms with Crippen LogP contribution < -0.4 is 4.74 Å². The molecule has 0 spiro atoms. The number of ketones is 2. The first-order valence-electron chi connectivity index (χ1n) is 9.54. The van der Waals surface area contributed by atoms with E-state index in [1.807, 2.05) is 38.1 Å². The topological polar surface area (TPSA) is 43.4 Å². The van der Waals surface area contributed by atoms with Gasteiger partial charge in [0, 0.05) is 29.9 Å². The number of Topliss-reactive ketones (excluding diaryl/α,β-unsaturated/α-hetero) is 2. The van der Waals surface area contributed by atoms with Gasteiger partial charge in [0.2, 0.25) is 0 Å². The summed E-state index contributed by atoms with van der Waals surface area (Å²) in [4.78, 5) is 25.3. The maximum atomic E-state index is 12.7. The first kappa shape index (κ1) is 17.0. The molecule has 2 aromatic rings. The molecule has 0 radical (unpaired) electrons. The van der Waals surface area contributed by atoms with Crippen molar-refractivity contribution >= 4 is 11.6 Å². The van der Waals surface area contributed by atoms with Crippen molar-refractivity contribution in [3.63, 3.8) is 0 Å². The third kappa shape index (κ3) is 3.07. The molecule has 4 rings (SSSR count). The number of carbonyl (C=O) groups is 2. The van der Waals surface area contributed by atoms with E-state index in [-0.39, 0.29) is 23.6 Å². The van der Waals surface area contributed by atoms with Gasteiger partial charge in [-0.15, -0.1) is 0 Å². The van der Waals surface area contributed by atoms with Gasteiger partial charge in [0.1, 0.15) is 11.9 Å². The number of rotatable bonds is 6. The van der Waals surface area contributed by atoms with Gasteiger partial charge in [-0.25, -0.2) is 0 Å². The summed E-state index contributed by atoms with van der Waals surface area (Å²) in [5.74, 6) is 1.42. The molecule has 3 heteroatoms. The Labute approximate surface area is 154 Å². The molecule has 0 bridgehead atoms. The molecule has 0 aromatic heterocycles. The summed E-state index contributed by atoms with van der Waals surface area (Å²) in [5, 5.41) is 0. The van der Waals surface area contributed by atoms with Gasteiger partial charge in [-0.1, -0.05) is 37.3 Å². The van der Waals surface area contributed by atoms with Crippen molar-refractivity contribution in [3.8, 4) is 5.75 Å². The fourth-order valence-corrected chi connectivity index (χ4v) is 3.89. The van der Waals surface area contributed by atoms with Gasteiger partial charge in [-0.2, -0.15) is 0 Å². The summed E-state index contributed by atoms with van der Waals surface area (Å²) < 4.78 is 6.12. The molecule has 1 heterocycles. The van der Waals surface area contributed by atoms with Gasteiger partial charge >= 0.3 is 0 Å². The summed E-state index contributed by atoms with van der Waals surface area (Å²) in [7, 11) is 0. The van der Waals surface area contributed by atoms with Crippen LogP contribution in [0.4, 0.5) is 0 Å². The third-order valence-corrected chi connectivity index (χ3v) is 5.50. The molecule has 0 unspecified atom stereocenters. The maximum Gasteiger partial charge on any atom is 0.166 e. The lowest BCUT2D eigenvalue weighted by molar-refractivity contribution is 0.0976. The average molecular weight is 348 g/mol. The highest BCUT2D eigenvalue weighted by atomic mass is 16.5. The summed E-state index contributed by atoms with van der Waals surface area (Å²) in [6.45, 7) is 3.88. The highest BCUT2D eigenvalue weighted by Gasteiger charge is 2.36. The van der Waals surface area contributed by atoms with Gasteiger partial charge < -0.3 is 4.74 Å². The average Bonchev–Trinajstić information content (AvgIpc) is 3.40. The Bertz CT molecular complexity index is 849. The summed E-state index contributed by atoms with van der Waals surface area (Å²) >= 11 is 0. The van der Waals surface area contributed by atoms with E-state index in [1.54, 1.807) is 6.07 Å². The summed E-state index contributed by atoms with van der Waals surface area (Å²) in [5.41, 5.74) is 3.35. The van der Waals surface area contributed by atoms with Crippen LogP contribution in [0.5, 0.6) is 5.75 Å². The van der Waals surface area contributed by atoms with Crippen molar-refractivity contribution in [1.82, 2.24) is 0 Å². The van der Waals surface area contributed by atoms with Gasteiger partial charge in [0.15, 0.2) is 11.6 Å². The SMILES string of the molecule is CCC(=O)c1cc(C(=O)CC2CC2)cc2c1O[C@H](C)[C@H]2c1ccccc1. The fraction of sp³-hybridized carbons (Fsp3) is 0.391. The lowest BCUT2D eigenvalue weighted by atomic mass is 9.85. The van der Waals surface area contributed by atoms with E-state index in [4.69, 9.17) is 4.74 Å². The minimum absolute atomic E-state index is 0.0308. The number of ether oxygens (including phenoxy) is 1. The molecule has 1 saturated carbocycles. The van der Waals surface area contributed by atoms with Crippen LogP contribution in [-0.2, 0) is 0 Å². The van der Waals surface area contributed by atoms with E-state index in [2.05, 4.69) is 12.1 Å². The molecule has 26 heavy (non-hydrogen) atoms. The standard InChI is InChI=1S/C23H24O3/c1-3-20(24)18-12-17(21(25)11-15-9-10-15)13-19-22(14(2)26-23(18)19)16-7-5-4-6-8-16/h4-8,12-15,22H,3,9-11H2,1-2H3/t14-,22+/m1/s1. The van der Waals surface area contributed by atoms with Crippen molar-refractivity contribution in [2.24, 2.45) is 5.92 Å². The lowest BCUT2D eigenvalue weighted by Crippen LogP contribution is -2.15. The number of hydrogen-bond donors (Lipinski definition) is 0. The van der Waals surface area contributed by atoms with Crippen LogP contribution in [0.2, 0.25) is 0 Å². The highest BCUT2D eigenvalue weighted by Crippen LogP contribution is 2.45. The Kier molecular flexibility index (Phi) is 4.39. The van der Waals surface area contributed by atoms with E-state index in [0.29, 0.717) is 35.6 Å². The predicted octanol–water partition coefficient (Wildman–Crippen LogP) is 5.17. The molecule has 0 N–H and O–H groups in total. The van der Waals surface area contributed by atoms with Crippen molar-refractivity contribution < 1.29 is 14.3 Å². The zero-order valence-electron chi connectivity index (χ0n) is 15.3. The molecule has 1 fully saturated rings. The van der Waals surface area contributed by atoms with Crippen LogP contribution >= 0.6 is 0 Å². The predicted molar refractivity (Wildman–Crippen MR) is 101 cm³/mol. The van der Waals surface area contributed by atoms with Crippen LogP contribution in [0.3, 0.4) is 0 Å². The van der Waals surface area contributed by atoms with Gasteiger partial charge in [-0.05, 0) is 43.4 Å². The summed E-state index contributed by atoms with van der Waals surface area (Å²) in [6, 6.07) is 13.9. The minimum atomic E-state index is -0.0652. The largest absolute Gasteiger partial charge is 0.489 e. The molecule has 0 amide bonds. The van der Waals surface area contributed by atoms with Gasteiger partial charge in [0.05, 0.1) is 5.56 Å². The Morgan fingerprint density at radius 1 is 1.08 bits per heavy atom. The van der Waals surface area contributed by atoms with Gasteiger partial charge in [-0.3, -0.25) is 9.59 Å². The quantitative estimate of drug-likeness (QED) is 0.676. The second-order valence-electron chi connectivity index (χ2n) is 7.50. The summed E-state index contributed by atoms with van der Waals surface area (Å²) in [6.07, 6.45) is 3.21. The molecule has 2 aromatic carbocycles. The Balaban J connectivity index is 1.82. The van der Waals surface area contributed by atoms with Crippen molar-refractivity contribution in [2.75, 3.05) is 0 Å². The smallest absolute Gasteiger partial charge is 0.166 e. The number of hydrogen-bond acceptors (Lipinski definition) is 3. The van der Waals surface area contributed by atoms with Crippen LogP contribution in [0.15, 0.2) is 42.5 Å². The van der Waals surface area contributed by atoms with Crippen molar-refractivity contribution in [2.45, 2.75) is 51.6 Å². The first-order valence-corrected chi connectivity index (χ1v) is 9.54. The van der Waals surface area contributed by atoms with Crippen molar-refractivity contribution in [3.05, 3.63) is 64.7 Å². The zero-order valence-corrected chi connectivity index (χ0v) is 15.3. The molecule has 2 aliphatic rings. The number of carbonyl (C=O) groups excluding carboxylic acids is 2. The van der Waals surface area contributed by atoms with Crippen LogP contribution in [0.1, 0.15) is 77.3 Å². The van der Waals surface area contributed by atoms with E-state index in [0.717, 1.165) is 24.0 Å². The third-order valence-electron chi connectivity index (χ3n) is 5.50. The Hall–Kier alpha value is -2.42. The van der Waals surface area contributed by atoms with Crippen LogP contribution in [0.25, 0.3) is 0 Å². The zero-order chi connectivity index (χ0) is 18.3. The van der Waals surface area contributed by atoms with Crippen LogP contribution in [-0.4, -0.2) is 17.7 Å². The monoisotopic (exact) mass is 348 g/mol. The fourth-order valence-electron chi connectivity index (χ4n) is 3.89. The Morgan fingerprint density at radius 2 is 1.81 bits per heavy atom. The molecule has 1 aliphatic carbocycles. The Morgan fingerprint density at radius 3 is 2.46 bits per heavy atom. The minimum Gasteiger partial charge on any atom is -0.489 e. The first-order chi connectivity index (χ1) is 12.6. The van der Waals surface area contributed by atoms with E-state index in [9.17, 15) is 9.59 Å². The molecule has 0 saturated heterocycles. The normalized spacial score (nSPS) is 21.2. The van der Waals surface area contributed by atoms with E-state index >= 15 is 0 Å². The van der Waals surface area contributed by atoms with Crippen LogP contribution in [0, 0.1) is 5.92 Å².